The molecule has 0 bridgehead atoms. The van der Waals surface area contributed by atoms with Gasteiger partial charge in [-0.3, -0.25) is 15.0 Å². The molecule has 2 aromatic carbocycles. The van der Waals surface area contributed by atoms with Crippen LogP contribution in [-0.4, -0.2) is 51.1 Å². The number of halogens is 1. The minimum atomic E-state index is -3.98. The van der Waals surface area contributed by atoms with Crippen molar-refractivity contribution < 1.29 is 18.1 Å². The van der Waals surface area contributed by atoms with Crippen molar-refractivity contribution in [2.45, 2.75) is 24.8 Å². The molecular weight excluding hydrogens is 430 g/mol. The van der Waals surface area contributed by atoms with E-state index in [1.165, 1.54) is 6.07 Å². The standard InChI is InChI=1S/C20H24ClN3O5S/c1-14-11-16(24(25)26)12-20(15(14)2)30(27,28)22-13-19(23-7-9-29-10-8-23)17-5-3-4-6-18(17)21/h3-6,11-12,19,22H,7-10,13H2,1-2H3. The summed E-state index contributed by atoms with van der Waals surface area (Å²) >= 11 is 6.40. The molecule has 0 radical (unpaired) electrons. The molecule has 2 aromatic rings. The molecule has 1 fully saturated rings. The molecule has 162 valence electrons. The number of ether oxygens (including phenoxy) is 1. The summed E-state index contributed by atoms with van der Waals surface area (Å²) in [5, 5.41) is 11.7. The molecular formula is C20H24ClN3O5S. The average molecular weight is 454 g/mol. The Morgan fingerprint density at radius 2 is 1.90 bits per heavy atom. The van der Waals surface area contributed by atoms with E-state index < -0.39 is 14.9 Å². The summed E-state index contributed by atoms with van der Waals surface area (Å²) in [7, 11) is -3.98. The molecule has 3 rings (SSSR count). The first kappa shape index (κ1) is 22.6. The highest BCUT2D eigenvalue weighted by Crippen LogP contribution is 2.29. The van der Waals surface area contributed by atoms with E-state index in [4.69, 9.17) is 16.3 Å². The number of aryl methyl sites for hydroxylation is 1. The van der Waals surface area contributed by atoms with Gasteiger partial charge in [-0.05, 0) is 36.6 Å². The van der Waals surface area contributed by atoms with Crippen LogP contribution < -0.4 is 4.72 Å². The number of nitrogens with one attached hydrogen (secondary N) is 1. The Bertz CT molecular complexity index is 1040. The Hall–Kier alpha value is -2.04. The van der Waals surface area contributed by atoms with Crippen LogP contribution in [0.4, 0.5) is 5.69 Å². The second kappa shape index (κ2) is 9.40. The van der Waals surface area contributed by atoms with Crippen molar-refractivity contribution in [1.82, 2.24) is 9.62 Å². The third-order valence-electron chi connectivity index (χ3n) is 5.32. The molecule has 1 atom stereocenters. The topological polar surface area (TPSA) is 102 Å². The van der Waals surface area contributed by atoms with Gasteiger partial charge in [0, 0.05) is 42.8 Å². The number of morpholine rings is 1. The van der Waals surface area contributed by atoms with E-state index in [1.807, 2.05) is 18.2 Å². The zero-order chi connectivity index (χ0) is 21.9. The largest absolute Gasteiger partial charge is 0.379 e. The average Bonchev–Trinajstić information content (AvgIpc) is 2.71. The molecule has 30 heavy (non-hydrogen) atoms. The lowest BCUT2D eigenvalue weighted by Crippen LogP contribution is -2.44. The molecule has 8 nitrogen and oxygen atoms in total. The number of nitro benzene ring substituents is 1. The van der Waals surface area contributed by atoms with Gasteiger partial charge in [-0.1, -0.05) is 29.8 Å². The third kappa shape index (κ3) is 4.98. The second-order valence-corrected chi connectivity index (χ2v) is 9.32. The van der Waals surface area contributed by atoms with Gasteiger partial charge in [0.1, 0.15) is 0 Å². The predicted molar refractivity (Wildman–Crippen MR) is 114 cm³/mol. The van der Waals surface area contributed by atoms with Crippen molar-refractivity contribution in [3.05, 3.63) is 68.2 Å². The van der Waals surface area contributed by atoms with E-state index in [-0.39, 0.29) is 23.2 Å². The van der Waals surface area contributed by atoms with Gasteiger partial charge >= 0.3 is 0 Å². The van der Waals surface area contributed by atoms with E-state index in [0.29, 0.717) is 42.5 Å². The van der Waals surface area contributed by atoms with Crippen molar-refractivity contribution in [2.75, 3.05) is 32.8 Å². The molecule has 0 aliphatic carbocycles. The fourth-order valence-electron chi connectivity index (χ4n) is 3.53. The number of hydrogen-bond donors (Lipinski definition) is 1. The van der Waals surface area contributed by atoms with Crippen LogP contribution in [0.25, 0.3) is 0 Å². The molecule has 1 unspecified atom stereocenters. The normalized spacial score (nSPS) is 16.4. The second-order valence-electron chi connectivity index (χ2n) is 7.18. The molecule has 0 amide bonds. The Morgan fingerprint density at radius 1 is 1.23 bits per heavy atom. The highest BCUT2D eigenvalue weighted by molar-refractivity contribution is 7.89. The summed E-state index contributed by atoms with van der Waals surface area (Å²) in [5.74, 6) is 0. The molecule has 1 saturated heterocycles. The van der Waals surface area contributed by atoms with E-state index >= 15 is 0 Å². The van der Waals surface area contributed by atoms with Crippen LogP contribution in [-0.2, 0) is 14.8 Å². The minimum absolute atomic E-state index is 0.0766. The molecule has 1 heterocycles. The predicted octanol–water partition coefficient (Wildman–Crippen LogP) is 3.22. The molecule has 0 saturated carbocycles. The van der Waals surface area contributed by atoms with Crippen LogP contribution in [0.3, 0.4) is 0 Å². The van der Waals surface area contributed by atoms with Gasteiger partial charge in [-0.15, -0.1) is 0 Å². The van der Waals surface area contributed by atoms with Gasteiger partial charge < -0.3 is 4.74 Å². The van der Waals surface area contributed by atoms with Crippen LogP contribution in [0.5, 0.6) is 0 Å². The lowest BCUT2D eigenvalue weighted by atomic mass is 10.0. The number of hydrogen-bond acceptors (Lipinski definition) is 6. The molecule has 1 N–H and O–H groups in total. The summed E-state index contributed by atoms with van der Waals surface area (Å²) in [4.78, 5) is 12.6. The summed E-state index contributed by atoms with van der Waals surface area (Å²) in [6.45, 7) is 5.77. The van der Waals surface area contributed by atoms with Gasteiger partial charge in [-0.2, -0.15) is 0 Å². The Balaban J connectivity index is 1.91. The van der Waals surface area contributed by atoms with Crippen molar-refractivity contribution in [3.8, 4) is 0 Å². The molecule has 10 heteroatoms. The summed E-state index contributed by atoms with van der Waals surface area (Å²) in [6, 6.07) is 9.50. The summed E-state index contributed by atoms with van der Waals surface area (Å²) < 4.78 is 34.2. The maximum Gasteiger partial charge on any atom is 0.271 e. The Labute approximate surface area is 181 Å². The van der Waals surface area contributed by atoms with Gasteiger partial charge in [0.15, 0.2) is 0 Å². The number of rotatable bonds is 7. The molecule has 0 aromatic heterocycles. The quantitative estimate of drug-likeness (QED) is 0.510. The first-order chi connectivity index (χ1) is 14.2. The number of non-ortho nitro benzene ring substituents is 1. The Kier molecular flexibility index (Phi) is 7.10. The summed E-state index contributed by atoms with van der Waals surface area (Å²) in [5.41, 5.74) is 1.58. The minimum Gasteiger partial charge on any atom is -0.379 e. The van der Waals surface area contributed by atoms with Crippen molar-refractivity contribution in [1.29, 1.82) is 0 Å². The third-order valence-corrected chi connectivity index (χ3v) is 7.22. The van der Waals surface area contributed by atoms with Gasteiger partial charge in [0.25, 0.3) is 5.69 Å². The van der Waals surface area contributed by atoms with Crippen LogP contribution in [0.2, 0.25) is 5.02 Å². The van der Waals surface area contributed by atoms with Crippen molar-refractivity contribution >= 4 is 27.3 Å². The Morgan fingerprint density at radius 3 is 2.53 bits per heavy atom. The number of benzene rings is 2. The smallest absolute Gasteiger partial charge is 0.271 e. The lowest BCUT2D eigenvalue weighted by Gasteiger charge is -2.35. The fourth-order valence-corrected chi connectivity index (χ4v) is 5.16. The molecule has 0 spiro atoms. The monoisotopic (exact) mass is 453 g/mol. The highest BCUT2D eigenvalue weighted by Gasteiger charge is 2.28. The van der Waals surface area contributed by atoms with Gasteiger partial charge in [0.05, 0.1) is 23.0 Å². The van der Waals surface area contributed by atoms with Crippen LogP contribution in [0.15, 0.2) is 41.3 Å². The van der Waals surface area contributed by atoms with Crippen LogP contribution in [0.1, 0.15) is 22.7 Å². The van der Waals surface area contributed by atoms with E-state index in [1.54, 1.807) is 19.9 Å². The van der Waals surface area contributed by atoms with Crippen LogP contribution >= 0.6 is 11.6 Å². The number of nitro groups is 1. The van der Waals surface area contributed by atoms with Gasteiger partial charge in [0.2, 0.25) is 10.0 Å². The zero-order valence-electron chi connectivity index (χ0n) is 16.8. The van der Waals surface area contributed by atoms with Crippen LogP contribution in [0, 0.1) is 24.0 Å². The van der Waals surface area contributed by atoms with E-state index in [9.17, 15) is 18.5 Å². The fraction of sp³-hybridized carbons (Fsp3) is 0.400. The van der Waals surface area contributed by atoms with E-state index in [2.05, 4.69) is 9.62 Å². The molecule has 1 aliphatic rings. The first-order valence-electron chi connectivity index (χ1n) is 9.52. The van der Waals surface area contributed by atoms with E-state index in [0.717, 1.165) is 11.6 Å². The maximum absolute atomic E-state index is 13.1. The van der Waals surface area contributed by atoms with Gasteiger partial charge in [-0.25, -0.2) is 13.1 Å². The number of nitrogens with zero attached hydrogens (tertiary/aromatic N) is 2. The van der Waals surface area contributed by atoms with Crippen molar-refractivity contribution in [3.63, 3.8) is 0 Å². The maximum atomic E-state index is 13.1. The highest BCUT2D eigenvalue weighted by atomic mass is 35.5. The zero-order valence-corrected chi connectivity index (χ0v) is 18.4. The SMILES string of the molecule is Cc1cc([N+](=O)[O-])cc(S(=O)(=O)NCC(c2ccccc2Cl)N2CCOCC2)c1C. The summed E-state index contributed by atoms with van der Waals surface area (Å²) in [6.07, 6.45) is 0. The number of sulfonamides is 1. The lowest BCUT2D eigenvalue weighted by molar-refractivity contribution is -0.385. The first-order valence-corrected chi connectivity index (χ1v) is 11.4. The molecule has 1 aliphatic heterocycles. The van der Waals surface area contributed by atoms with Crippen molar-refractivity contribution in [2.24, 2.45) is 0 Å².